The van der Waals surface area contributed by atoms with E-state index in [4.69, 9.17) is 0 Å². The first kappa shape index (κ1) is 13.7. The van der Waals surface area contributed by atoms with Crippen molar-refractivity contribution in [3.05, 3.63) is 17.5 Å². The largest absolute Gasteiger partial charge is 0.351 e. The van der Waals surface area contributed by atoms with E-state index in [9.17, 15) is 4.79 Å². The summed E-state index contributed by atoms with van der Waals surface area (Å²) in [5.74, 6) is 0.489. The summed E-state index contributed by atoms with van der Waals surface area (Å²) in [7, 11) is 0. The van der Waals surface area contributed by atoms with Crippen molar-refractivity contribution in [3.63, 3.8) is 0 Å². The molecule has 0 fully saturated rings. The first-order valence-corrected chi connectivity index (χ1v) is 6.46. The number of unbranched alkanes of at least 4 members (excludes halogenated alkanes) is 2. The zero-order valence-electron chi connectivity index (χ0n) is 11.0. The predicted molar refractivity (Wildman–Crippen MR) is 69.0 cm³/mol. The minimum absolute atomic E-state index is 0.0765. The Morgan fingerprint density at radius 1 is 1.47 bits per heavy atom. The Labute approximate surface area is 103 Å². The molecule has 1 amide bonds. The lowest BCUT2D eigenvalue weighted by Gasteiger charge is -2.01. The SMILES string of the molecule is CCCCCNC(=O)c1cc(CC(C)C)[nH]n1. The van der Waals surface area contributed by atoms with Crippen LogP contribution in [0.15, 0.2) is 6.07 Å². The van der Waals surface area contributed by atoms with E-state index in [-0.39, 0.29) is 5.91 Å². The molecule has 0 saturated carbocycles. The molecule has 1 rings (SSSR count). The number of rotatable bonds is 7. The number of H-pyrrole nitrogens is 1. The number of carbonyl (C=O) groups excluding carboxylic acids is 1. The molecule has 0 atom stereocenters. The maximum absolute atomic E-state index is 11.7. The summed E-state index contributed by atoms with van der Waals surface area (Å²) in [5.41, 5.74) is 1.52. The maximum Gasteiger partial charge on any atom is 0.271 e. The molecule has 0 bridgehead atoms. The van der Waals surface area contributed by atoms with E-state index in [1.54, 1.807) is 0 Å². The van der Waals surface area contributed by atoms with Crippen LogP contribution in [-0.4, -0.2) is 22.6 Å². The van der Waals surface area contributed by atoms with Crippen LogP contribution in [0, 0.1) is 5.92 Å². The van der Waals surface area contributed by atoms with Gasteiger partial charge in [-0.3, -0.25) is 9.89 Å². The quantitative estimate of drug-likeness (QED) is 0.716. The number of aromatic amines is 1. The number of hydrogen-bond acceptors (Lipinski definition) is 2. The van der Waals surface area contributed by atoms with Crippen molar-refractivity contribution in [1.29, 1.82) is 0 Å². The summed E-state index contributed by atoms with van der Waals surface area (Å²) in [6.07, 6.45) is 4.28. The Bertz CT molecular complexity index is 344. The summed E-state index contributed by atoms with van der Waals surface area (Å²) in [6.45, 7) is 7.17. The Hall–Kier alpha value is -1.32. The molecule has 0 aliphatic rings. The number of aromatic nitrogens is 2. The first-order chi connectivity index (χ1) is 8.13. The van der Waals surface area contributed by atoms with Crippen LogP contribution in [0.5, 0.6) is 0 Å². The molecule has 96 valence electrons. The van der Waals surface area contributed by atoms with Crippen molar-refractivity contribution in [1.82, 2.24) is 15.5 Å². The molecular weight excluding hydrogens is 214 g/mol. The monoisotopic (exact) mass is 237 g/mol. The van der Waals surface area contributed by atoms with Crippen LogP contribution >= 0.6 is 0 Å². The van der Waals surface area contributed by atoms with Crippen molar-refractivity contribution in [2.24, 2.45) is 5.92 Å². The number of carbonyl (C=O) groups is 1. The molecule has 17 heavy (non-hydrogen) atoms. The molecule has 0 aromatic carbocycles. The number of hydrogen-bond donors (Lipinski definition) is 2. The average molecular weight is 237 g/mol. The molecule has 0 aliphatic heterocycles. The molecule has 0 saturated heterocycles. The van der Waals surface area contributed by atoms with Crippen molar-refractivity contribution >= 4 is 5.91 Å². The van der Waals surface area contributed by atoms with E-state index in [2.05, 4.69) is 36.3 Å². The second-order valence-corrected chi connectivity index (χ2v) is 4.84. The van der Waals surface area contributed by atoms with Gasteiger partial charge in [0, 0.05) is 12.2 Å². The van der Waals surface area contributed by atoms with Crippen molar-refractivity contribution in [2.45, 2.75) is 46.5 Å². The van der Waals surface area contributed by atoms with Crippen LogP contribution in [0.3, 0.4) is 0 Å². The highest BCUT2D eigenvalue weighted by Crippen LogP contribution is 2.06. The molecular formula is C13H23N3O. The smallest absolute Gasteiger partial charge is 0.271 e. The standard InChI is InChI=1S/C13H23N3O/c1-4-5-6-7-14-13(17)12-9-11(15-16-12)8-10(2)3/h9-10H,4-8H2,1-3H3,(H,14,17)(H,15,16). The fourth-order valence-corrected chi connectivity index (χ4v) is 1.69. The van der Waals surface area contributed by atoms with Gasteiger partial charge in [0.05, 0.1) is 0 Å². The average Bonchev–Trinajstić information content (AvgIpc) is 2.71. The topological polar surface area (TPSA) is 57.8 Å². The van der Waals surface area contributed by atoms with E-state index >= 15 is 0 Å². The van der Waals surface area contributed by atoms with Gasteiger partial charge in [-0.1, -0.05) is 33.6 Å². The van der Waals surface area contributed by atoms with Crippen LogP contribution in [0.4, 0.5) is 0 Å². The summed E-state index contributed by atoms with van der Waals surface area (Å²) >= 11 is 0. The van der Waals surface area contributed by atoms with Gasteiger partial charge in [0.15, 0.2) is 0 Å². The predicted octanol–water partition coefficient (Wildman–Crippen LogP) is 2.53. The summed E-state index contributed by atoms with van der Waals surface area (Å²) in [6, 6.07) is 1.84. The molecule has 0 radical (unpaired) electrons. The molecule has 1 aromatic heterocycles. The number of amides is 1. The lowest BCUT2D eigenvalue weighted by atomic mass is 10.1. The molecule has 0 aliphatic carbocycles. The van der Waals surface area contributed by atoms with E-state index in [0.29, 0.717) is 11.6 Å². The molecule has 0 unspecified atom stereocenters. The number of nitrogens with one attached hydrogen (secondary N) is 2. The van der Waals surface area contributed by atoms with Crippen LogP contribution < -0.4 is 5.32 Å². The Morgan fingerprint density at radius 3 is 2.88 bits per heavy atom. The van der Waals surface area contributed by atoms with Gasteiger partial charge >= 0.3 is 0 Å². The third-order valence-electron chi connectivity index (χ3n) is 2.56. The normalized spacial score (nSPS) is 10.8. The number of nitrogens with zero attached hydrogens (tertiary/aromatic N) is 1. The van der Waals surface area contributed by atoms with E-state index in [1.807, 2.05) is 6.07 Å². The minimum Gasteiger partial charge on any atom is -0.351 e. The fourth-order valence-electron chi connectivity index (χ4n) is 1.69. The third kappa shape index (κ3) is 5.02. The lowest BCUT2D eigenvalue weighted by molar-refractivity contribution is 0.0948. The first-order valence-electron chi connectivity index (χ1n) is 6.46. The summed E-state index contributed by atoms with van der Waals surface area (Å²) in [5, 5.41) is 9.82. The summed E-state index contributed by atoms with van der Waals surface area (Å²) < 4.78 is 0. The van der Waals surface area contributed by atoms with Crippen molar-refractivity contribution in [3.8, 4) is 0 Å². The van der Waals surface area contributed by atoms with E-state index in [1.165, 1.54) is 0 Å². The molecule has 0 spiro atoms. The van der Waals surface area contributed by atoms with Crippen LogP contribution in [0.2, 0.25) is 0 Å². The second-order valence-electron chi connectivity index (χ2n) is 4.84. The van der Waals surface area contributed by atoms with Gasteiger partial charge in [0.25, 0.3) is 5.91 Å². The fraction of sp³-hybridized carbons (Fsp3) is 0.692. The Kier molecular flexibility index (Phi) is 5.73. The highest BCUT2D eigenvalue weighted by atomic mass is 16.1. The van der Waals surface area contributed by atoms with Crippen molar-refractivity contribution in [2.75, 3.05) is 6.54 Å². The second kappa shape index (κ2) is 7.09. The lowest BCUT2D eigenvalue weighted by Crippen LogP contribution is -2.24. The molecule has 4 heteroatoms. The maximum atomic E-state index is 11.7. The van der Waals surface area contributed by atoms with Gasteiger partial charge in [-0.2, -0.15) is 5.10 Å². The van der Waals surface area contributed by atoms with E-state index in [0.717, 1.165) is 37.9 Å². The minimum atomic E-state index is -0.0765. The van der Waals surface area contributed by atoms with Crippen LogP contribution in [0.25, 0.3) is 0 Å². The molecule has 1 aromatic rings. The van der Waals surface area contributed by atoms with Crippen molar-refractivity contribution < 1.29 is 4.79 Å². The van der Waals surface area contributed by atoms with Crippen LogP contribution in [0.1, 0.15) is 56.2 Å². The van der Waals surface area contributed by atoms with Gasteiger partial charge in [-0.15, -0.1) is 0 Å². The zero-order valence-corrected chi connectivity index (χ0v) is 11.0. The third-order valence-corrected chi connectivity index (χ3v) is 2.56. The highest BCUT2D eigenvalue weighted by Gasteiger charge is 2.10. The highest BCUT2D eigenvalue weighted by molar-refractivity contribution is 5.92. The molecule has 4 nitrogen and oxygen atoms in total. The Morgan fingerprint density at radius 2 is 2.24 bits per heavy atom. The van der Waals surface area contributed by atoms with Gasteiger partial charge in [0.2, 0.25) is 0 Å². The van der Waals surface area contributed by atoms with Gasteiger partial charge in [0.1, 0.15) is 5.69 Å². The van der Waals surface area contributed by atoms with E-state index < -0.39 is 0 Å². The van der Waals surface area contributed by atoms with Gasteiger partial charge in [-0.25, -0.2) is 0 Å². The van der Waals surface area contributed by atoms with Gasteiger partial charge in [-0.05, 0) is 24.8 Å². The zero-order chi connectivity index (χ0) is 12.7. The Balaban J connectivity index is 2.38. The summed E-state index contributed by atoms with van der Waals surface area (Å²) in [4.78, 5) is 11.7. The van der Waals surface area contributed by atoms with Gasteiger partial charge < -0.3 is 5.32 Å². The molecule has 2 N–H and O–H groups in total. The van der Waals surface area contributed by atoms with Crippen LogP contribution in [-0.2, 0) is 6.42 Å². The molecule has 1 heterocycles.